The van der Waals surface area contributed by atoms with Gasteiger partial charge in [-0.3, -0.25) is 0 Å². The number of rotatable bonds is 9. The van der Waals surface area contributed by atoms with Gasteiger partial charge < -0.3 is 4.43 Å². The van der Waals surface area contributed by atoms with Crippen molar-refractivity contribution in [3.63, 3.8) is 0 Å². The zero-order chi connectivity index (χ0) is 19.8. The first kappa shape index (κ1) is 22.4. The number of hydrogen-bond acceptors (Lipinski definition) is 1. The Bertz CT molecular complexity index is 669. The maximum absolute atomic E-state index is 6.92. The molecule has 0 fully saturated rings. The molecule has 0 radical (unpaired) electrons. The van der Waals surface area contributed by atoms with Crippen molar-refractivity contribution >= 4 is 50.6 Å². The fourth-order valence-electron chi connectivity index (χ4n) is 3.52. The van der Waals surface area contributed by atoms with E-state index in [1.54, 1.807) is 0 Å². The highest BCUT2D eigenvalue weighted by atomic mass is 79.9. The van der Waals surface area contributed by atoms with Gasteiger partial charge in [-0.15, -0.1) is 0 Å². The van der Waals surface area contributed by atoms with Crippen molar-refractivity contribution in [1.29, 1.82) is 0 Å². The molecule has 0 saturated heterocycles. The molecule has 146 valence electrons. The van der Waals surface area contributed by atoms with E-state index in [1.165, 1.54) is 15.9 Å². The molecular formula is C23H30Br2OSi. The van der Waals surface area contributed by atoms with Crippen LogP contribution < -0.4 is 10.4 Å². The van der Waals surface area contributed by atoms with Crippen LogP contribution in [0.1, 0.15) is 40.0 Å². The van der Waals surface area contributed by atoms with Gasteiger partial charge in [-0.25, -0.2) is 0 Å². The molecule has 27 heavy (non-hydrogen) atoms. The number of hydrogen-bond donors (Lipinski definition) is 0. The molecule has 0 heterocycles. The number of halogens is 2. The molecular weight excluding hydrogens is 480 g/mol. The Morgan fingerprint density at radius 3 is 1.78 bits per heavy atom. The molecule has 0 spiro atoms. The van der Waals surface area contributed by atoms with Gasteiger partial charge in [-0.1, -0.05) is 113 Å². The zero-order valence-electron chi connectivity index (χ0n) is 16.6. The predicted molar refractivity (Wildman–Crippen MR) is 128 cm³/mol. The minimum absolute atomic E-state index is 0.00113. The van der Waals surface area contributed by atoms with Crippen LogP contribution in [0.4, 0.5) is 0 Å². The van der Waals surface area contributed by atoms with E-state index < -0.39 is 8.32 Å². The van der Waals surface area contributed by atoms with Crippen LogP contribution in [0.25, 0.3) is 0 Å². The first-order valence-corrected chi connectivity index (χ1v) is 13.7. The minimum Gasteiger partial charge on any atom is -0.540 e. The molecule has 0 aliphatic rings. The lowest BCUT2D eigenvalue weighted by molar-refractivity contribution is 0.436. The van der Waals surface area contributed by atoms with Crippen LogP contribution in [-0.2, 0) is 4.43 Å². The fraction of sp³-hybridized carbons (Fsp3) is 0.391. The van der Waals surface area contributed by atoms with E-state index in [0.717, 1.165) is 29.9 Å². The van der Waals surface area contributed by atoms with Crippen molar-refractivity contribution in [1.82, 2.24) is 0 Å². The molecule has 0 atom stereocenters. The Morgan fingerprint density at radius 2 is 1.37 bits per heavy atom. The minimum atomic E-state index is -2.48. The largest absolute Gasteiger partial charge is 0.540 e. The Labute approximate surface area is 182 Å². The summed E-state index contributed by atoms with van der Waals surface area (Å²) in [4.78, 5) is 0. The van der Waals surface area contributed by atoms with Crippen LogP contribution in [0.3, 0.4) is 0 Å². The summed E-state index contributed by atoms with van der Waals surface area (Å²) in [6.07, 6.45) is 5.30. The smallest absolute Gasteiger partial charge is 0.319 e. The van der Waals surface area contributed by atoms with Gasteiger partial charge in [0.15, 0.2) is 0 Å². The average Bonchev–Trinajstić information content (AvgIpc) is 2.67. The van der Waals surface area contributed by atoms with Gasteiger partial charge in [-0.2, -0.15) is 0 Å². The van der Waals surface area contributed by atoms with Crippen molar-refractivity contribution < 1.29 is 4.43 Å². The molecule has 0 aliphatic heterocycles. The Morgan fingerprint density at radius 1 is 0.852 bits per heavy atom. The highest BCUT2D eigenvalue weighted by molar-refractivity contribution is 9.09. The maximum Gasteiger partial charge on any atom is 0.319 e. The van der Waals surface area contributed by atoms with Crippen LogP contribution in [0.5, 0.6) is 0 Å². The SMILES string of the molecule is CC(C)(C)[Si](OC=C(CCBr)CCCBr)(c1ccccc1)c1ccccc1. The molecule has 0 aromatic heterocycles. The quantitative estimate of drug-likeness (QED) is 0.215. The van der Waals surface area contributed by atoms with E-state index in [2.05, 4.69) is 120 Å². The summed E-state index contributed by atoms with van der Waals surface area (Å²) in [7, 11) is -2.48. The normalized spacial score (nSPS) is 12.9. The first-order valence-electron chi connectivity index (χ1n) is 9.54. The summed E-state index contributed by atoms with van der Waals surface area (Å²) < 4.78 is 6.92. The summed E-state index contributed by atoms with van der Waals surface area (Å²) in [6.45, 7) is 6.95. The monoisotopic (exact) mass is 508 g/mol. The third-order valence-electron chi connectivity index (χ3n) is 4.87. The van der Waals surface area contributed by atoms with E-state index in [-0.39, 0.29) is 5.04 Å². The molecule has 0 N–H and O–H groups in total. The summed E-state index contributed by atoms with van der Waals surface area (Å²) in [5.74, 6) is 0. The lowest BCUT2D eigenvalue weighted by atomic mass is 10.1. The fourth-order valence-corrected chi connectivity index (χ4v) is 8.67. The molecule has 1 nitrogen and oxygen atoms in total. The van der Waals surface area contributed by atoms with Crippen molar-refractivity contribution in [3.8, 4) is 0 Å². The topological polar surface area (TPSA) is 9.23 Å². The molecule has 2 rings (SSSR count). The van der Waals surface area contributed by atoms with E-state index in [4.69, 9.17) is 4.43 Å². The molecule has 0 aliphatic carbocycles. The first-order chi connectivity index (χ1) is 13.0. The molecule has 0 bridgehead atoms. The highest BCUT2D eigenvalue weighted by Crippen LogP contribution is 2.37. The van der Waals surface area contributed by atoms with Crippen LogP contribution in [0.15, 0.2) is 72.5 Å². The Balaban J connectivity index is 2.58. The predicted octanol–water partition coefficient (Wildman–Crippen LogP) is 6.41. The van der Waals surface area contributed by atoms with Gasteiger partial charge in [0, 0.05) is 10.7 Å². The van der Waals surface area contributed by atoms with E-state index >= 15 is 0 Å². The second-order valence-corrected chi connectivity index (χ2v) is 13.6. The third-order valence-corrected chi connectivity index (χ3v) is 10.7. The second-order valence-electron chi connectivity index (χ2n) is 7.79. The Kier molecular flexibility index (Phi) is 8.84. The van der Waals surface area contributed by atoms with Gasteiger partial charge in [0.25, 0.3) is 0 Å². The van der Waals surface area contributed by atoms with Crippen molar-refractivity contribution in [3.05, 3.63) is 72.5 Å². The van der Waals surface area contributed by atoms with E-state index in [1.807, 2.05) is 0 Å². The van der Waals surface area contributed by atoms with Gasteiger partial charge in [0.2, 0.25) is 0 Å². The molecule has 4 heteroatoms. The van der Waals surface area contributed by atoms with Gasteiger partial charge in [0.1, 0.15) is 0 Å². The summed E-state index contributed by atoms with van der Waals surface area (Å²) >= 11 is 7.15. The van der Waals surface area contributed by atoms with Crippen LogP contribution in [0, 0.1) is 0 Å². The van der Waals surface area contributed by atoms with Crippen molar-refractivity contribution in [2.75, 3.05) is 10.7 Å². The standard InChI is InChI=1S/C23H30Br2OSi/c1-23(2,3)27(21-12-6-4-7-13-21,22-14-8-5-9-15-22)26-19-20(16-18-25)11-10-17-24/h4-9,12-15,19H,10-11,16-18H2,1-3H3. The van der Waals surface area contributed by atoms with Crippen LogP contribution in [0.2, 0.25) is 5.04 Å². The summed E-state index contributed by atoms with van der Waals surface area (Å²) in [5.41, 5.74) is 1.37. The molecule has 2 aromatic rings. The van der Waals surface area contributed by atoms with Crippen molar-refractivity contribution in [2.45, 2.75) is 45.1 Å². The van der Waals surface area contributed by atoms with Gasteiger partial charge in [-0.05, 0) is 40.2 Å². The number of allylic oxidation sites excluding steroid dienone is 1. The third kappa shape index (κ3) is 5.58. The lowest BCUT2D eigenvalue weighted by Gasteiger charge is -2.42. The maximum atomic E-state index is 6.92. The lowest BCUT2D eigenvalue weighted by Crippen LogP contribution is -2.65. The molecule has 0 saturated carbocycles. The van der Waals surface area contributed by atoms with E-state index in [0.29, 0.717) is 0 Å². The Hall–Kier alpha value is -0.843. The molecule has 0 unspecified atom stereocenters. The van der Waals surface area contributed by atoms with Gasteiger partial charge >= 0.3 is 8.32 Å². The van der Waals surface area contributed by atoms with Crippen LogP contribution >= 0.6 is 31.9 Å². The van der Waals surface area contributed by atoms with Crippen LogP contribution in [-0.4, -0.2) is 19.0 Å². The molecule has 0 amide bonds. The number of alkyl halides is 2. The highest BCUT2D eigenvalue weighted by Gasteiger charge is 2.51. The molecule has 2 aromatic carbocycles. The summed E-state index contributed by atoms with van der Waals surface area (Å²) in [5, 5.41) is 4.62. The summed E-state index contributed by atoms with van der Waals surface area (Å²) in [6, 6.07) is 21.6. The number of benzene rings is 2. The second kappa shape index (κ2) is 10.6. The zero-order valence-corrected chi connectivity index (χ0v) is 20.7. The average molecular weight is 510 g/mol. The van der Waals surface area contributed by atoms with Gasteiger partial charge in [0.05, 0.1) is 6.26 Å². The van der Waals surface area contributed by atoms with Crippen molar-refractivity contribution in [2.24, 2.45) is 0 Å². The van der Waals surface area contributed by atoms with E-state index in [9.17, 15) is 0 Å².